The van der Waals surface area contributed by atoms with E-state index in [1.807, 2.05) is 36.5 Å². The van der Waals surface area contributed by atoms with Crippen molar-refractivity contribution in [2.45, 2.75) is 12.8 Å². The smallest absolute Gasteiger partial charge is 0.160 e. The Morgan fingerprint density at radius 1 is 0.522 bits per heavy atom. The Balaban J connectivity index is 1.19. The Kier molecular flexibility index (Phi) is 6.27. The van der Waals surface area contributed by atoms with Gasteiger partial charge in [-0.05, 0) is 92.9 Å². The van der Waals surface area contributed by atoms with Crippen LogP contribution in [0.5, 0.6) is 0 Å². The van der Waals surface area contributed by atoms with Gasteiger partial charge in [0, 0.05) is 22.9 Å². The molecule has 2 aliphatic rings. The predicted octanol–water partition coefficient (Wildman–Crippen LogP) is 10.5. The molecule has 0 N–H and O–H groups in total. The van der Waals surface area contributed by atoms with Crippen molar-refractivity contribution < 1.29 is 0 Å². The lowest BCUT2D eigenvalue weighted by Gasteiger charge is -2.15. The number of fused-ring (bicyclic) bond motifs is 5. The van der Waals surface area contributed by atoms with E-state index in [0.717, 1.165) is 52.4 Å². The second-order valence-electron chi connectivity index (χ2n) is 12.0. The lowest BCUT2D eigenvalue weighted by atomic mass is 9.89. The third-order valence-electron chi connectivity index (χ3n) is 9.23. The van der Waals surface area contributed by atoms with Gasteiger partial charge < -0.3 is 0 Å². The lowest BCUT2D eigenvalue weighted by molar-refractivity contribution is 1.16. The van der Waals surface area contributed by atoms with E-state index in [2.05, 4.69) is 115 Å². The van der Waals surface area contributed by atoms with Crippen LogP contribution in [0.15, 0.2) is 152 Å². The molecule has 3 nitrogen and oxygen atoms in total. The van der Waals surface area contributed by atoms with E-state index in [9.17, 15) is 0 Å². The summed E-state index contributed by atoms with van der Waals surface area (Å²) in [6.07, 6.45) is 8.31. The number of hydrogen-bond acceptors (Lipinski definition) is 3. The fraction of sp³-hybridized carbons (Fsp3) is 0.0465. The summed E-state index contributed by atoms with van der Waals surface area (Å²) >= 11 is 0. The number of nitrogens with zero attached hydrogens (tertiary/aromatic N) is 3. The van der Waals surface area contributed by atoms with Crippen molar-refractivity contribution in [3.63, 3.8) is 0 Å². The van der Waals surface area contributed by atoms with Gasteiger partial charge in [-0.1, -0.05) is 115 Å². The van der Waals surface area contributed by atoms with E-state index in [0.29, 0.717) is 0 Å². The van der Waals surface area contributed by atoms with Crippen LogP contribution in [0.4, 0.5) is 0 Å². The van der Waals surface area contributed by atoms with Gasteiger partial charge in [-0.25, -0.2) is 9.97 Å². The van der Waals surface area contributed by atoms with E-state index in [4.69, 9.17) is 15.0 Å². The minimum absolute atomic E-state index is 0.737. The van der Waals surface area contributed by atoms with Crippen molar-refractivity contribution in [2.24, 2.45) is 0 Å². The zero-order valence-corrected chi connectivity index (χ0v) is 25.2. The van der Waals surface area contributed by atoms with Gasteiger partial charge in [0.25, 0.3) is 0 Å². The van der Waals surface area contributed by atoms with Crippen LogP contribution in [0.3, 0.4) is 0 Å². The first-order valence-corrected chi connectivity index (χ1v) is 15.8. The van der Waals surface area contributed by atoms with E-state index >= 15 is 0 Å². The van der Waals surface area contributed by atoms with Gasteiger partial charge in [0.2, 0.25) is 0 Å². The second-order valence-corrected chi connectivity index (χ2v) is 12.0. The van der Waals surface area contributed by atoms with Crippen LogP contribution in [0, 0.1) is 0 Å². The summed E-state index contributed by atoms with van der Waals surface area (Å²) in [5.74, 6) is 0.737. The molecule has 0 radical (unpaired) electrons. The first kappa shape index (κ1) is 26.5. The zero-order chi connectivity index (χ0) is 30.5. The molecule has 0 saturated carbocycles. The van der Waals surface area contributed by atoms with Crippen molar-refractivity contribution in [2.75, 3.05) is 0 Å². The molecule has 0 atom stereocenters. The Morgan fingerprint density at radius 2 is 1.26 bits per heavy atom. The zero-order valence-electron chi connectivity index (χ0n) is 25.2. The summed E-state index contributed by atoms with van der Waals surface area (Å²) in [4.78, 5) is 14.8. The molecular weight excluding hydrogens is 558 g/mol. The second kappa shape index (κ2) is 10.9. The lowest BCUT2D eigenvalue weighted by Crippen LogP contribution is -1.97. The summed E-state index contributed by atoms with van der Waals surface area (Å²) < 4.78 is 0. The fourth-order valence-electron chi connectivity index (χ4n) is 7.07. The van der Waals surface area contributed by atoms with Crippen molar-refractivity contribution >= 4 is 21.9 Å². The number of aromatic nitrogens is 3. The highest BCUT2D eigenvalue weighted by Crippen LogP contribution is 2.48. The maximum atomic E-state index is 5.10. The first-order valence-electron chi connectivity index (χ1n) is 15.8. The molecule has 2 aliphatic carbocycles. The van der Waals surface area contributed by atoms with Crippen molar-refractivity contribution in [1.29, 1.82) is 0 Å². The molecule has 46 heavy (non-hydrogen) atoms. The summed E-state index contributed by atoms with van der Waals surface area (Å²) in [6, 6.07) is 46.9. The van der Waals surface area contributed by atoms with Gasteiger partial charge >= 0.3 is 0 Å². The molecule has 0 spiro atoms. The van der Waals surface area contributed by atoms with Gasteiger partial charge in [-0.3, -0.25) is 4.98 Å². The molecule has 0 amide bonds. The number of rotatable bonds is 5. The van der Waals surface area contributed by atoms with E-state index in [1.54, 1.807) is 0 Å². The molecule has 0 unspecified atom stereocenters. The summed E-state index contributed by atoms with van der Waals surface area (Å²) in [5, 5.41) is 2.62. The van der Waals surface area contributed by atoms with Crippen LogP contribution in [0.25, 0.3) is 66.9 Å². The van der Waals surface area contributed by atoms with Crippen LogP contribution in [0.1, 0.15) is 28.8 Å². The average molecular weight is 588 g/mol. The van der Waals surface area contributed by atoms with Crippen LogP contribution in [0.2, 0.25) is 0 Å². The number of hydrogen-bond donors (Lipinski definition) is 0. The molecule has 2 aromatic heterocycles. The Morgan fingerprint density at radius 3 is 2.07 bits per heavy atom. The summed E-state index contributed by atoms with van der Waals surface area (Å²) in [6.45, 7) is 0. The molecular formula is C43H29N3. The largest absolute Gasteiger partial charge is 0.256 e. The van der Waals surface area contributed by atoms with Gasteiger partial charge in [0.15, 0.2) is 5.82 Å². The van der Waals surface area contributed by atoms with Crippen LogP contribution in [-0.4, -0.2) is 15.0 Å². The molecule has 5 aromatic carbocycles. The molecule has 0 aliphatic heterocycles. The third-order valence-corrected chi connectivity index (χ3v) is 9.23. The highest BCUT2D eigenvalue weighted by molar-refractivity contribution is 6.06. The molecule has 9 rings (SSSR count). The molecule has 7 aromatic rings. The Labute approximate surface area is 268 Å². The van der Waals surface area contributed by atoms with E-state index in [-0.39, 0.29) is 0 Å². The van der Waals surface area contributed by atoms with Crippen molar-refractivity contribution in [3.05, 3.63) is 174 Å². The van der Waals surface area contributed by atoms with E-state index < -0.39 is 0 Å². The quantitative estimate of drug-likeness (QED) is 0.201. The summed E-state index contributed by atoms with van der Waals surface area (Å²) in [7, 11) is 0. The molecule has 0 fully saturated rings. The summed E-state index contributed by atoms with van der Waals surface area (Å²) in [5.41, 5.74) is 15.3. The topological polar surface area (TPSA) is 38.7 Å². The maximum absolute atomic E-state index is 5.10. The predicted molar refractivity (Wildman–Crippen MR) is 189 cm³/mol. The first-order chi connectivity index (χ1) is 22.8. The van der Waals surface area contributed by atoms with Crippen LogP contribution in [-0.2, 0) is 6.42 Å². The van der Waals surface area contributed by atoms with Gasteiger partial charge in [-0.2, -0.15) is 0 Å². The molecule has 0 saturated heterocycles. The number of benzene rings is 5. The fourth-order valence-corrected chi connectivity index (χ4v) is 7.07. The molecule has 0 bridgehead atoms. The highest BCUT2D eigenvalue weighted by Gasteiger charge is 2.27. The van der Waals surface area contributed by atoms with Gasteiger partial charge in [0.05, 0.1) is 17.1 Å². The van der Waals surface area contributed by atoms with E-state index in [1.165, 1.54) is 49.7 Å². The molecule has 2 heterocycles. The Bertz CT molecular complexity index is 2280. The monoisotopic (exact) mass is 587 g/mol. The van der Waals surface area contributed by atoms with Gasteiger partial charge in [0.1, 0.15) is 0 Å². The standard InChI is InChI=1S/C43H29N3/c1-3-12-28(13-4-1)40-27-41(46-43(45-40)29-14-5-2-6-15-29)31-22-21-30(24-31)36-26-38-37(34-18-8-7-17-33(34)36)25-32-16-11-19-35(42(32)38)39-20-9-10-23-44-39/h1-20,22-24,26-27H,21,25H2. The molecule has 216 valence electrons. The Hall–Kier alpha value is -5.93. The third kappa shape index (κ3) is 4.48. The minimum atomic E-state index is 0.737. The van der Waals surface area contributed by atoms with Crippen LogP contribution < -0.4 is 0 Å². The number of allylic oxidation sites excluding steroid dienone is 4. The minimum Gasteiger partial charge on any atom is -0.256 e. The molecule has 3 heteroatoms. The number of pyridine rings is 1. The highest BCUT2D eigenvalue weighted by atomic mass is 14.9. The van der Waals surface area contributed by atoms with Gasteiger partial charge in [-0.15, -0.1) is 0 Å². The van der Waals surface area contributed by atoms with Crippen molar-refractivity contribution in [3.8, 4) is 45.0 Å². The SMILES string of the molecule is C1=C(c2cc(-c3ccccc3)nc(-c3ccccc3)n2)C=C(c2cc3c(c4ccccc24)Cc2cccc(-c4ccccn4)c2-3)C1. The average Bonchev–Trinajstić information content (AvgIpc) is 3.78. The van der Waals surface area contributed by atoms with Crippen LogP contribution >= 0.6 is 0 Å². The van der Waals surface area contributed by atoms with Crippen molar-refractivity contribution in [1.82, 2.24) is 15.0 Å². The maximum Gasteiger partial charge on any atom is 0.160 e. The normalized spacial score (nSPS) is 13.3.